The van der Waals surface area contributed by atoms with Crippen LogP contribution in [0.15, 0.2) is 36.5 Å². The minimum atomic E-state index is 0.489. The zero-order valence-corrected chi connectivity index (χ0v) is 11.8. The number of halogens is 1. The molecule has 0 saturated heterocycles. The molecule has 0 unspecified atom stereocenters. The number of nitrogens with zero attached hydrogens (tertiary/aromatic N) is 2. The van der Waals surface area contributed by atoms with E-state index >= 15 is 0 Å². The first kappa shape index (κ1) is 12.5. The molecule has 1 atom stereocenters. The van der Waals surface area contributed by atoms with Gasteiger partial charge in [-0.3, -0.25) is 0 Å². The summed E-state index contributed by atoms with van der Waals surface area (Å²) in [5.74, 6) is 1.89. The quantitative estimate of drug-likeness (QED) is 0.890. The molecular weight excluding hydrogens is 258 g/mol. The standard InChI is InChI=1S/C15H18ClN3/c1-11(13-4-5-13)19-15(8-9-18-19)17-10-12-2-6-14(16)7-3-12/h2-3,6-9,11,13,17H,4-5,10H2,1H3/t11-/m0/s1. The summed E-state index contributed by atoms with van der Waals surface area (Å²) in [7, 11) is 0. The molecule has 0 radical (unpaired) electrons. The largest absolute Gasteiger partial charge is 0.366 e. The van der Waals surface area contributed by atoms with E-state index in [9.17, 15) is 0 Å². The monoisotopic (exact) mass is 275 g/mol. The fraction of sp³-hybridized carbons (Fsp3) is 0.400. The Morgan fingerprint density at radius 3 is 2.74 bits per heavy atom. The molecule has 2 aromatic rings. The van der Waals surface area contributed by atoms with Crippen LogP contribution in [0.2, 0.25) is 5.02 Å². The van der Waals surface area contributed by atoms with Crippen molar-refractivity contribution < 1.29 is 0 Å². The van der Waals surface area contributed by atoms with Gasteiger partial charge in [0.15, 0.2) is 0 Å². The van der Waals surface area contributed by atoms with Crippen molar-refractivity contribution in [2.45, 2.75) is 32.4 Å². The molecule has 0 spiro atoms. The number of anilines is 1. The Bertz CT molecular complexity index is 543. The number of hydrogen-bond acceptors (Lipinski definition) is 2. The molecule has 1 saturated carbocycles. The maximum Gasteiger partial charge on any atom is 0.124 e. The summed E-state index contributed by atoms with van der Waals surface area (Å²) in [5.41, 5.74) is 1.22. The van der Waals surface area contributed by atoms with Gasteiger partial charge in [0.05, 0.1) is 12.2 Å². The molecule has 3 nitrogen and oxygen atoms in total. The minimum absolute atomic E-state index is 0.489. The summed E-state index contributed by atoms with van der Waals surface area (Å²) < 4.78 is 2.10. The SMILES string of the molecule is C[C@@H](C1CC1)n1nccc1NCc1ccc(Cl)cc1. The summed E-state index contributed by atoms with van der Waals surface area (Å²) in [6.45, 7) is 3.04. The number of benzene rings is 1. The molecule has 3 rings (SSSR count). The second-order valence-electron chi connectivity index (χ2n) is 5.22. The van der Waals surface area contributed by atoms with Crippen LogP contribution in [0.5, 0.6) is 0 Å². The first-order valence-electron chi connectivity index (χ1n) is 6.76. The Morgan fingerprint density at radius 1 is 1.32 bits per heavy atom. The van der Waals surface area contributed by atoms with Crippen LogP contribution in [-0.4, -0.2) is 9.78 Å². The molecular formula is C15H18ClN3. The summed E-state index contributed by atoms with van der Waals surface area (Å²) in [6, 6.07) is 10.4. The van der Waals surface area contributed by atoms with E-state index in [1.807, 2.05) is 36.5 Å². The number of aromatic nitrogens is 2. The third kappa shape index (κ3) is 2.92. The molecule has 100 valence electrons. The predicted octanol–water partition coefficient (Wildman–Crippen LogP) is 4.12. The van der Waals surface area contributed by atoms with Crippen molar-refractivity contribution >= 4 is 17.4 Å². The van der Waals surface area contributed by atoms with Crippen LogP contribution in [0.1, 0.15) is 31.4 Å². The Labute approximate surface area is 118 Å². The summed E-state index contributed by atoms with van der Waals surface area (Å²) in [4.78, 5) is 0. The summed E-state index contributed by atoms with van der Waals surface area (Å²) in [5, 5.41) is 8.66. The van der Waals surface area contributed by atoms with Crippen molar-refractivity contribution in [2.75, 3.05) is 5.32 Å². The highest BCUT2D eigenvalue weighted by molar-refractivity contribution is 6.30. The zero-order chi connectivity index (χ0) is 13.2. The van der Waals surface area contributed by atoms with Crippen LogP contribution in [0.3, 0.4) is 0 Å². The third-order valence-corrected chi connectivity index (χ3v) is 4.00. The molecule has 1 aromatic heterocycles. The summed E-state index contributed by atoms with van der Waals surface area (Å²) in [6.07, 6.45) is 4.53. The minimum Gasteiger partial charge on any atom is -0.366 e. The Kier molecular flexibility index (Phi) is 3.47. The fourth-order valence-electron chi connectivity index (χ4n) is 2.35. The van der Waals surface area contributed by atoms with Gasteiger partial charge in [0.2, 0.25) is 0 Å². The second-order valence-corrected chi connectivity index (χ2v) is 5.66. The number of rotatable bonds is 5. The Hall–Kier alpha value is -1.48. The van der Waals surface area contributed by atoms with E-state index in [0.717, 1.165) is 23.3 Å². The Morgan fingerprint density at radius 2 is 2.05 bits per heavy atom. The van der Waals surface area contributed by atoms with Gasteiger partial charge in [-0.15, -0.1) is 0 Å². The average molecular weight is 276 g/mol. The molecule has 4 heteroatoms. The first-order valence-corrected chi connectivity index (χ1v) is 7.13. The first-order chi connectivity index (χ1) is 9.24. The van der Waals surface area contributed by atoms with Gasteiger partial charge in [0, 0.05) is 17.6 Å². The molecule has 0 bridgehead atoms. The van der Waals surface area contributed by atoms with E-state index in [1.165, 1.54) is 18.4 Å². The normalized spacial score (nSPS) is 16.3. The number of nitrogens with one attached hydrogen (secondary N) is 1. The molecule has 0 aliphatic heterocycles. The molecule has 1 aliphatic rings. The van der Waals surface area contributed by atoms with Crippen LogP contribution in [-0.2, 0) is 6.54 Å². The highest BCUT2D eigenvalue weighted by atomic mass is 35.5. The molecule has 0 amide bonds. The van der Waals surface area contributed by atoms with Gasteiger partial charge in [-0.05, 0) is 43.4 Å². The van der Waals surface area contributed by atoms with E-state index in [1.54, 1.807) is 0 Å². The van der Waals surface area contributed by atoms with E-state index in [-0.39, 0.29) is 0 Å². The van der Waals surface area contributed by atoms with Crippen molar-refractivity contribution in [1.29, 1.82) is 0 Å². The molecule has 19 heavy (non-hydrogen) atoms. The lowest BCUT2D eigenvalue weighted by molar-refractivity contribution is 0.444. The van der Waals surface area contributed by atoms with Crippen LogP contribution >= 0.6 is 11.6 Å². The fourth-order valence-corrected chi connectivity index (χ4v) is 2.48. The van der Waals surface area contributed by atoms with Crippen molar-refractivity contribution in [3.8, 4) is 0 Å². The highest BCUT2D eigenvalue weighted by Crippen LogP contribution is 2.40. The number of hydrogen-bond donors (Lipinski definition) is 1. The lowest BCUT2D eigenvalue weighted by atomic mass is 10.2. The van der Waals surface area contributed by atoms with Crippen molar-refractivity contribution in [1.82, 2.24) is 9.78 Å². The van der Waals surface area contributed by atoms with E-state index in [4.69, 9.17) is 11.6 Å². The molecule has 1 aromatic carbocycles. The van der Waals surface area contributed by atoms with Gasteiger partial charge >= 0.3 is 0 Å². The van der Waals surface area contributed by atoms with Crippen molar-refractivity contribution in [3.05, 3.63) is 47.1 Å². The average Bonchev–Trinajstić information content (AvgIpc) is 3.16. The molecule has 1 N–H and O–H groups in total. The predicted molar refractivity (Wildman–Crippen MR) is 78.4 cm³/mol. The van der Waals surface area contributed by atoms with E-state index < -0.39 is 0 Å². The molecule has 1 heterocycles. The van der Waals surface area contributed by atoms with Gasteiger partial charge in [-0.2, -0.15) is 5.10 Å². The lowest BCUT2D eigenvalue weighted by Crippen LogP contribution is -2.13. The second kappa shape index (κ2) is 5.25. The zero-order valence-electron chi connectivity index (χ0n) is 11.0. The maximum atomic E-state index is 5.89. The van der Waals surface area contributed by atoms with Crippen molar-refractivity contribution in [3.63, 3.8) is 0 Å². The lowest BCUT2D eigenvalue weighted by Gasteiger charge is -2.16. The Balaban J connectivity index is 1.66. The van der Waals surface area contributed by atoms with Crippen LogP contribution in [0.25, 0.3) is 0 Å². The topological polar surface area (TPSA) is 29.9 Å². The third-order valence-electron chi connectivity index (χ3n) is 3.75. The van der Waals surface area contributed by atoms with Gasteiger partial charge in [-0.25, -0.2) is 4.68 Å². The van der Waals surface area contributed by atoms with Gasteiger partial charge in [0.1, 0.15) is 5.82 Å². The van der Waals surface area contributed by atoms with E-state index in [0.29, 0.717) is 6.04 Å². The van der Waals surface area contributed by atoms with Gasteiger partial charge in [0.25, 0.3) is 0 Å². The van der Waals surface area contributed by atoms with Crippen LogP contribution in [0, 0.1) is 5.92 Å². The molecule has 1 aliphatic carbocycles. The van der Waals surface area contributed by atoms with E-state index in [2.05, 4.69) is 22.0 Å². The highest BCUT2D eigenvalue weighted by Gasteiger charge is 2.30. The summed E-state index contributed by atoms with van der Waals surface area (Å²) >= 11 is 5.89. The smallest absolute Gasteiger partial charge is 0.124 e. The molecule has 1 fully saturated rings. The van der Waals surface area contributed by atoms with Crippen molar-refractivity contribution in [2.24, 2.45) is 5.92 Å². The maximum absolute atomic E-state index is 5.89. The van der Waals surface area contributed by atoms with Crippen LogP contribution < -0.4 is 5.32 Å². The van der Waals surface area contributed by atoms with Crippen LogP contribution in [0.4, 0.5) is 5.82 Å². The van der Waals surface area contributed by atoms with Gasteiger partial charge in [-0.1, -0.05) is 23.7 Å². The van der Waals surface area contributed by atoms with Gasteiger partial charge < -0.3 is 5.32 Å².